The van der Waals surface area contributed by atoms with Crippen LogP contribution in [0, 0.1) is 0 Å². The van der Waals surface area contributed by atoms with Crippen molar-refractivity contribution in [2.45, 2.75) is 89.9 Å². The Labute approximate surface area is 284 Å². The van der Waals surface area contributed by atoms with E-state index in [4.69, 9.17) is 0 Å². The zero-order valence-corrected chi connectivity index (χ0v) is 29.1. The molecule has 2 heteroatoms. The highest BCUT2D eigenvalue weighted by molar-refractivity contribution is 6.03. The number of hydrogen-bond acceptors (Lipinski definition) is 1. The minimum Gasteiger partial charge on any atom is -0.344 e. The second kappa shape index (κ2) is 14.7. The molecule has 2 unspecified atom stereocenters. The van der Waals surface area contributed by atoms with Crippen LogP contribution < -0.4 is 4.90 Å². The summed E-state index contributed by atoms with van der Waals surface area (Å²) in [5.74, 6) is 0. The zero-order chi connectivity index (χ0) is 32.7. The number of rotatable bonds is 14. The summed E-state index contributed by atoms with van der Waals surface area (Å²) in [5, 5.41) is 0. The van der Waals surface area contributed by atoms with Crippen LogP contribution in [-0.4, -0.2) is 23.4 Å². The molecule has 2 atom stereocenters. The van der Waals surface area contributed by atoms with Crippen molar-refractivity contribution < 1.29 is 4.58 Å². The molecule has 2 heterocycles. The second-order valence-electron chi connectivity index (χ2n) is 14.0. The Bertz CT molecular complexity index is 1730. The van der Waals surface area contributed by atoms with E-state index >= 15 is 0 Å². The molecule has 0 fully saturated rings. The first-order chi connectivity index (χ1) is 23.0. The van der Waals surface area contributed by atoms with E-state index in [0.29, 0.717) is 0 Å². The predicted molar refractivity (Wildman–Crippen MR) is 201 cm³/mol. The van der Waals surface area contributed by atoms with Gasteiger partial charge in [0.25, 0.3) is 0 Å². The normalized spacial score (nSPS) is 21.2. The summed E-state index contributed by atoms with van der Waals surface area (Å²) in [6.45, 7) is 11.6. The smallest absolute Gasteiger partial charge is 0.209 e. The number of hydrogen-bond donors (Lipinski definition) is 0. The lowest BCUT2D eigenvalue weighted by Crippen LogP contribution is -2.34. The molecule has 2 aliphatic heterocycles. The predicted octanol–water partition coefficient (Wildman–Crippen LogP) is 11.1. The standard InChI is InChI=1S/C45H53N2/c1-5-7-19-32-46-40-28-17-15-26-38(40)44(3,34-36-22-11-9-12-23-36)42(46)30-21-31-43-45(4,35-37-24-13-10-14-25-37)39-27-16-18-29-41(39)47(43)33-20-8-6-2/h9-18,21-31H,5-8,19-20,32-35H2,1-4H3/q+1. The molecule has 242 valence electrons. The van der Waals surface area contributed by atoms with Crippen molar-refractivity contribution in [3.05, 3.63) is 155 Å². The maximum Gasteiger partial charge on any atom is 0.209 e. The lowest BCUT2D eigenvalue weighted by atomic mass is 9.74. The van der Waals surface area contributed by atoms with E-state index in [-0.39, 0.29) is 10.8 Å². The van der Waals surface area contributed by atoms with Crippen molar-refractivity contribution >= 4 is 17.1 Å². The lowest BCUT2D eigenvalue weighted by molar-refractivity contribution is -0.438. The molecule has 0 aromatic heterocycles. The van der Waals surface area contributed by atoms with E-state index < -0.39 is 0 Å². The van der Waals surface area contributed by atoms with Gasteiger partial charge in [0.05, 0.1) is 5.41 Å². The molecule has 2 aliphatic rings. The summed E-state index contributed by atoms with van der Waals surface area (Å²) < 4.78 is 2.63. The highest BCUT2D eigenvalue weighted by Crippen LogP contribution is 2.50. The zero-order valence-electron chi connectivity index (χ0n) is 29.1. The summed E-state index contributed by atoms with van der Waals surface area (Å²) in [7, 11) is 0. The average Bonchev–Trinajstić information content (AvgIpc) is 3.46. The Morgan fingerprint density at radius 1 is 0.617 bits per heavy atom. The molecule has 0 bridgehead atoms. The van der Waals surface area contributed by atoms with Crippen LogP contribution in [0.15, 0.2) is 133 Å². The molecule has 0 radical (unpaired) electrons. The summed E-state index contributed by atoms with van der Waals surface area (Å²) in [6, 6.07) is 40.4. The molecule has 2 nitrogen and oxygen atoms in total. The maximum atomic E-state index is 2.63. The summed E-state index contributed by atoms with van der Waals surface area (Å²) in [5.41, 5.74) is 11.0. The van der Waals surface area contributed by atoms with Gasteiger partial charge in [0.2, 0.25) is 5.69 Å². The number of benzene rings is 4. The second-order valence-corrected chi connectivity index (χ2v) is 14.0. The number of allylic oxidation sites excluding steroid dienone is 4. The van der Waals surface area contributed by atoms with Crippen LogP contribution in [0.1, 0.15) is 88.5 Å². The Morgan fingerprint density at radius 2 is 1.19 bits per heavy atom. The van der Waals surface area contributed by atoms with Gasteiger partial charge in [0.1, 0.15) is 6.54 Å². The lowest BCUT2D eigenvalue weighted by Gasteiger charge is -2.31. The van der Waals surface area contributed by atoms with Gasteiger partial charge >= 0.3 is 0 Å². The third-order valence-corrected chi connectivity index (χ3v) is 10.6. The highest BCUT2D eigenvalue weighted by atomic mass is 15.2. The monoisotopic (exact) mass is 621 g/mol. The number of para-hydroxylation sites is 2. The Morgan fingerprint density at radius 3 is 1.87 bits per heavy atom. The summed E-state index contributed by atoms with van der Waals surface area (Å²) >= 11 is 0. The van der Waals surface area contributed by atoms with Crippen molar-refractivity contribution in [3.63, 3.8) is 0 Å². The largest absolute Gasteiger partial charge is 0.344 e. The van der Waals surface area contributed by atoms with Gasteiger partial charge in [-0.1, -0.05) is 136 Å². The van der Waals surface area contributed by atoms with E-state index in [1.54, 1.807) is 0 Å². The third-order valence-electron chi connectivity index (χ3n) is 10.6. The van der Waals surface area contributed by atoms with Crippen molar-refractivity contribution in [3.8, 4) is 0 Å². The Kier molecular flexibility index (Phi) is 10.3. The van der Waals surface area contributed by atoms with Crippen LogP contribution in [0.4, 0.5) is 11.4 Å². The van der Waals surface area contributed by atoms with Crippen LogP contribution in [0.5, 0.6) is 0 Å². The molecule has 0 aliphatic carbocycles. The van der Waals surface area contributed by atoms with Gasteiger partial charge in [-0.15, -0.1) is 0 Å². The molecule has 0 amide bonds. The minimum atomic E-state index is -0.119. The van der Waals surface area contributed by atoms with E-state index in [9.17, 15) is 0 Å². The SMILES string of the molecule is CCCCCN1C(=CC=CC2=[N+](CCCCC)c3ccccc3C2(C)Cc2ccccc2)C(C)(Cc2ccccc2)c2ccccc21. The van der Waals surface area contributed by atoms with Crippen molar-refractivity contribution in [2.75, 3.05) is 18.0 Å². The van der Waals surface area contributed by atoms with Gasteiger partial charge in [0.15, 0.2) is 5.71 Å². The fraction of sp³-hybridized carbons (Fsp3) is 0.356. The molecule has 4 aromatic carbocycles. The van der Waals surface area contributed by atoms with Gasteiger partial charge in [-0.25, -0.2) is 0 Å². The van der Waals surface area contributed by atoms with Gasteiger partial charge < -0.3 is 4.90 Å². The fourth-order valence-electron chi connectivity index (χ4n) is 8.16. The van der Waals surface area contributed by atoms with Crippen LogP contribution >= 0.6 is 0 Å². The highest BCUT2D eigenvalue weighted by Gasteiger charge is 2.47. The van der Waals surface area contributed by atoms with Crippen molar-refractivity contribution in [2.24, 2.45) is 0 Å². The van der Waals surface area contributed by atoms with E-state index in [0.717, 1.165) is 25.9 Å². The molecule has 0 N–H and O–H groups in total. The van der Waals surface area contributed by atoms with Gasteiger partial charge in [0, 0.05) is 47.5 Å². The van der Waals surface area contributed by atoms with Gasteiger partial charge in [-0.2, -0.15) is 4.58 Å². The first-order valence-corrected chi connectivity index (χ1v) is 18.1. The van der Waals surface area contributed by atoms with E-state index in [1.807, 2.05) is 0 Å². The first kappa shape index (κ1) is 32.8. The topological polar surface area (TPSA) is 6.25 Å². The quantitative estimate of drug-likeness (QED) is 0.100. The molecule has 6 rings (SSSR count). The van der Waals surface area contributed by atoms with Crippen LogP contribution in [0.3, 0.4) is 0 Å². The number of fused-ring (bicyclic) bond motifs is 2. The Balaban J connectivity index is 1.45. The molecule has 0 saturated carbocycles. The van der Waals surface area contributed by atoms with E-state index in [2.05, 4.69) is 165 Å². The molecule has 4 aromatic rings. The Hall–Kier alpha value is -4.17. The third kappa shape index (κ3) is 6.66. The fourth-order valence-corrected chi connectivity index (χ4v) is 8.16. The number of anilines is 1. The summed E-state index contributed by atoms with van der Waals surface area (Å²) in [6.07, 6.45) is 16.6. The number of unbranched alkanes of at least 4 members (excludes halogenated alkanes) is 4. The average molecular weight is 622 g/mol. The van der Waals surface area contributed by atoms with Crippen LogP contribution in [0.2, 0.25) is 0 Å². The minimum absolute atomic E-state index is 0.119. The molecular weight excluding hydrogens is 569 g/mol. The van der Waals surface area contributed by atoms with E-state index in [1.165, 1.54) is 83.6 Å². The maximum absolute atomic E-state index is 2.63. The van der Waals surface area contributed by atoms with Crippen LogP contribution in [0.25, 0.3) is 0 Å². The molecule has 47 heavy (non-hydrogen) atoms. The van der Waals surface area contributed by atoms with Crippen molar-refractivity contribution in [1.82, 2.24) is 0 Å². The molecule has 0 spiro atoms. The van der Waals surface area contributed by atoms with Crippen molar-refractivity contribution in [1.29, 1.82) is 0 Å². The van der Waals surface area contributed by atoms with Crippen LogP contribution in [-0.2, 0) is 23.7 Å². The van der Waals surface area contributed by atoms with Gasteiger partial charge in [-0.05, 0) is 68.4 Å². The molecule has 0 saturated heterocycles. The summed E-state index contributed by atoms with van der Waals surface area (Å²) in [4.78, 5) is 2.63. The molecular formula is C45H53N2+. The number of nitrogens with zero attached hydrogens (tertiary/aromatic N) is 2. The first-order valence-electron chi connectivity index (χ1n) is 18.1. The van der Waals surface area contributed by atoms with Gasteiger partial charge in [-0.3, -0.25) is 0 Å².